The molecule has 0 heterocycles. The average Bonchev–Trinajstić information content (AvgIpc) is 2.24. The van der Waals surface area contributed by atoms with Crippen LogP contribution in [0.25, 0.3) is 0 Å². The zero-order chi connectivity index (χ0) is 14.4. The monoisotopic (exact) mass is 248 g/mol. The molecule has 0 radical (unpaired) electrons. The first-order valence-corrected chi connectivity index (χ1v) is 6.95. The molecule has 0 aliphatic heterocycles. The van der Waals surface area contributed by atoms with Crippen molar-refractivity contribution in [1.29, 1.82) is 0 Å². The summed E-state index contributed by atoms with van der Waals surface area (Å²) in [5.74, 6) is 0.819. The van der Waals surface area contributed by atoms with Crippen LogP contribution in [0.5, 0.6) is 0 Å². The molecule has 0 aromatic carbocycles. The highest BCUT2D eigenvalue weighted by Crippen LogP contribution is 2.03. The Labute approximate surface area is 115 Å². The van der Waals surface area contributed by atoms with E-state index in [1.807, 2.05) is 12.2 Å². The maximum absolute atomic E-state index is 3.82. The first kappa shape index (κ1) is 19.3. The summed E-state index contributed by atoms with van der Waals surface area (Å²) < 4.78 is 0. The molecule has 0 rings (SSSR count). The van der Waals surface area contributed by atoms with Crippen LogP contribution in [0, 0.1) is 5.92 Å². The minimum Gasteiger partial charge on any atom is -0.100 e. The van der Waals surface area contributed by atoms with Crippen LogP contribution < -0.4 is 0 Å². The minimum absolute atomic E-state index is 0.819. The summed E-state index contributed by atoms with van der Waals surface area (Å²) >= 11 is 0. The van der Waals surface area contributed by atoms with Gasteiger partial charge in [0.15, 0.2) is 0 Å². The topological polar surface area (TPSA) is 0 Å². The lowest BCUT2D eigenvalue weighted by Gasteiger charge is -1.97. The van der Waals surface area contributed by atoms with Crippen molar-refractivity contribution in [3.05, 3.63) is 48.6 Å². The van der Waals surface area contributed by atoms with Gasteiger partial charge in [0.2, 0.25) is 0 Å². The molecular formula is C18H32. The van der Waals surface area contributed by atoms with Gasteiger partial charge in [-0.05, 0) is 52.4 Å². The smallest absolute Gasteiger partial charge is 0.0291 e. The van der Waals surface area contributed by atoms with Gasteiger partial charge in [0, 0.05) is 0 Å². The number of rotatable bonds is 7. The van der Waals surface area contributed by atoms with E-state index >= 15 is 0 Å². The SMILES string of the molecule is C=C(C)CCC=C(C)C.C=CC=CCCC(C)C. The van der Waals surface area contributed by atoms with Gasteiger partial charge < -0.3 is 0 Å². The van der Waals surface area contributed by atoms with Crippen molar-refractivity contribution in [3.8, 4) is 0 Å². The van der Waals surface area contributed by atoms with E-state index in [0.717, 1.165) is 18.8 Å². The molecule has 0 N–H and O–H groups in total. The first-order valence-electron chi connectivity index (χ1n) is 6.95. The standard InChI is InChI=1S/2C9H16/c1-8(2)6-5-7-9(3)4;1-4-5-6-7-8-9(2)3/h7H,1,5-6H2,2-4H3;4-6,9H,1,7-8H2,2-3H3. The summed E-state index contributed by atoms with van der Waals surface area (Å²) in [6.45, 7) is 18.2. The summed E-state index contributed by atoms with van der Waals surface area (Å²) in [6.07, 6.45) is 13.0. The van der Waals surface area contributed by atoms with Crippen molar-refractivity contribution in [2.24, 2.45) is 5.92 Å². The van der Waals surface area contributed by atoms with Crippen LogP contribution >= 0.6 is 0 Å². The summed E-state index contributed by atoms with van der Waals surface area (Å²) in [4.78, 5) is 0. The Balaban J connectivity index is 0. The fourth-order valence-electron chi connectivity index (χ4n) is 1.23. The van der Waals surface area contributed by atoms with E-state index in [1.54, 1.807) is 0 Å². The number of hydrogen-bond donors (Lipinski definition) is 0. The molecule has 0 aromatic heterocycles. The molecule has 0 aliphatic rings. The van der Waals surface area contributed by atoms with Crippen LogP contribution in [0.1, 0.15) is 60.3 Å². The molecule has 0 bridgehead atoms. The molecule has 0 nitrogen and oxygen atoms in total. The third kappa shape index (κ3) is 24.3. The Hall–Kier alpha value is -1.04. The largest absolute Gasteiger partial charge is 0.100 e. The fraction of sp³-hybridized carbons (Fsp3) is 0.556. The van der Waals surface area contributed by atoms with E-state index in [1.165, 1.54) is 24.0 Å². The van der Waals surface area contributed by atoms with Crippen molar-refractivity contribution >= 4 is 0 Å². The van der Waals surface area contributed by atoms with Crippen molar-refractivity contribution in [2.45, 2.75) is 60.3 Å². The molecule has 0 saturated heterocycles. The maximum atomic E-state index is 3.82. The van der Waals surface area contributed by atoms with E-state index < -0.39 is 0 Å². The summed E-state index contributed by atoms with van der Waals surface area (Å²) in [5, 5.41) is 0. The van der Waals surface area contributed by atoms with Crippen molar-refractivity contribution < 1.29 is 0 Å². The van der Waals surface area contributed by atoms with Gasteiger partial charge in [0.25, 0.3) is 0 Å². The zero-order valence-corrected chi connectivity index (χ0v) is 13.1. The predicted octanol–water partition coefficient (Wildman–Crippen LogP) is 6.47. The van der Waals surface area contributed by atoms with Crippen LogP contribution in [0.3, 0.4) is 0 Å². The van der Waals surface area contributed by atoms with Gasteiger partial charge >= 0.3 is 0 Å². The van der Waals surface area contributed by atoms with Crippen LogP contribution in [0.4, 0.5) is 0 Å². The van der Waals surface area contributed by atoms with Gasteiger partial charge in [-0.15, -0.1) is 6.58 Å². The van der Waals surface area contributed by atoms with Crippen LogP contribution in [-0.2, 0) is 0 Å². The molecule has 18 heavy (non-hydrogen) atoms. The molecule has 0 spiro atoms. The summed E-state index contributed by atoms with van der Waals surface area (Å²) in [7, 11) is 0. The second-order valence-corrected chi connectivity index (χ2v) is 5.41. The van der Waals surface area contributed by atoms with E-state index in [2.05, 4.69) is 59.9 Å². The summed E-state index contributed by atoms with van der Waals surface area (Å²) in [5.41, 5.74) is 2.67. The van der Waals surface area contributed by atoms with Crippen molar-refractivity contribution in [2.75, 3.05) is 0 Å². The Kier molecular flexibility index (Phi) is 15.0. The highest BCUT2D eigenvalue weighted by atomic mass is 13.9. The molecular weight excluding hydrogens is 216 g/mol. The van der Waals surface area contributed by atoms with Gasteiger partial charge in [0.1, 0.15) is 0 Å². The number of hydrogen-bond acceptors (Lipinski definition) is 0. The summed E-state index contributed by atoms with van der Waals surface area (Å²) in [6, 6.07) is 0. The third-order valence-corrected chi connectivity index (χ3v) is 2.31. The molecule has 0 atom stereocenters. The second-order valence-electron chi connectivity index (χ2n) is 5.41. The molecule has 104 valence electrons. The highest BCUT2D eigenvalue weighted by molar-refractivity contribution is 4.97. The number of allylic oxidation sites excluding steroid dienone is 6. The minimum atomic E-state index is 0.819. The van der Waals surface area contributed by atoms with Crippen molar-refractivity contribution in [3.63, 3.8) is 0 Å². The highest BCUT2D eigenvalue weighted by Gasteiger charge is 1.88. The zero-order valence-electron chi connectivity index (χ0n) is 13.1. The molecule has 0 heteroatoms. The molecule has 0 unspecified atom stereocenters. The quantitative estimate of drug-likeness (QED) is 0.357. The second kappa shape index (κ2) is 14.0. The lowest BCUT2D eigenvalue weighted by Crippen LogP contribution is -1.83. The van der Waals surface area contributed by atoms with Gasteiger partial charge in [-0.2, -0.15) is 0 Å². The van der Waals surface area contributed by atoms with Crippen molar-refractivity contribution in [1.82, 2.24) is 0 Å². The van der Waals surface area contributed by atoms with Gasteiger partial charge in [-0.1, -0.05) is 55.9 Å². The van der Waals surface area contributed by atoms with Gasteiger partial charge in [-0.25, -0.2) is 0 Å². The van der Waals surface area contributed by atoms with Crippen LogP contribution in [0.2, 0.25) is 0 Å². The Bertz CT molecular complexity index is 260. The normalized spacial score (nSPS) is 9.89. The van der Waals surface area contributed by atoms with Gasteiger partial charge in [0.05, 0.1) is 0 Å². The molecule has 0 aliphatic carbocycles. The molecule has 0 aromatic rings. The lowest BCUT2D eigenvalue weighted by molar-refractivity contribution is 0.594. The first-order chi connectivity index (χ1) is 8.40. The Morgan fingerprint density at radius 2 is 1.72 bits per heavy atom. The van der Waals surface area contributed by atoms with Crippen LogP contribution in [0.15, 0.2) is 48.6 Å². The molecule has 0 amide bonds. The van der Waals surface area contributed by atoms with E-state index in [0.29, 0.717) is 0 Å². The Morgan fingerprint density at radius 3 is 2.11 bits per heavy atom. The molecule has 0 saturated carbocycles. The average molecular weight is 248 g/mol. The lowest BCUT2D eigenvalue weighted by atomic mass is 10.1. The third-order valence-electron chi connectivity index (χ3n) is 2.31. The van der Waals surface area contributed by atoms with Crippen LogP contribution in [-0.4, -0.2) is 0 Å². The fourth-order valence-corrected chi connectivity index (χ4v) is 1.23. The maximum Gasteiger partial charge on any atom is -0.0291 e. The van der Waals surface area contributed by atoms with Gasteiger partial charge in [-0.3, -0.25) is 0 Å². The predicted molar refractivity (Wildman–Crippen MR) is 86.9 cm³/mol. The Morgan fingerprint density at radius 1 is 1.11 bits per heavy atom. The molecule has 0 fully saturated rings. The van der Waals surface area contributed by atoms with E-state index in [9.17, 15) is 0 Å². The van der Waals surface area contributed by atoms with E-state index in [4.69, 9.17) is 0 Å². The van der Waals surface area contributed by atoms with E-state index in [-0.39, 0.29) is 0 Å².